The van der Waals surface area contributed by atoms with E-state index in [1.165, 1.54) is 6.07 Å². The van der Waals surface area contributed by atoms with E-state index in [1.54, 1.807) is 18.2 Å². The molecule has 2 aromatic rings. The third-order valence-electron chi connectivity index (χ3n) is 4.57. The number of hydrogen-bond acceptors (Lipinski definition) is 6. The van der Waals surface area contributed by atoms with Crippen molar-refractivity contribution < 1.29 is 39.5 Å². The molecule has 15 heteroatoms. The van der Waals surface area contributed by atoms with Crippen LogP contribution in [0.3, 0.4) is 0 Å². The second-order valence-corrected chi connectivity index (χ2v) is 6.86. The Morgan fingerprint density at radius 3 is 1.07 bits per heavy atom. The van der Waals surface area contributed by atoms with E-state index in [-0.39, 0.29) is 29.2 Å². The summed E-state index contributed by atoms with van der Waals surface area (Å²) in [5.41, 5.74) is -8.95. The Morgan fingerprint density at radius 1 is 0.500 bits per heavy atom. The topological polar surface area (TPSA) is 143 Å². The molecule has 0 aliphatic rings. The summed E-state index contributed by atoms with van der Waals surface area (Å²) >= 11 is 0. The normalized spacial score (nSPS) is 10.4. The molecule has 0 amide bonds. The van der Waals surface area contributed by atoms with Crippen molar-refractivity contribution in [2.24, 2.45) is 0 Å². The number of halogens is 9. The van der Waals surface area contributed by atoms with Gasteiger partial charge in [0.2, 0.25) is 0 Å². The van der Waals surface area contributed by atoms with Gasteiger partial charge in [0.15, 0.2) is 0 Å². The van der Waals surface area contributed by atoms with Crippen LogP contribution >= 0.6 is 0 Å². The van der Waals surface area contributed by atoms with E-state index in [0.29, 0.717) is 12.1 Å². The predicted molar refractivity (Wildman–Crippen MR) is 117 cm³/mol. The lowest BCUT2D eigenvalue weighted by molar-refractivity contribution is -0.144. The molecule has 0 aliphatic heterocycles. The van der Waals surface area contributed by atoms with Gasteiger partial charge in [-0.25, -0.2) is 0 Å². The predicted octanol–water partition coefficient (Wildman–Crippen LogP) is 7.07. The third-order valence-corrected chi connectivity index (χ3v) is 4.57. The molecule has 0 N–H and O–H groups in total. The van der Waals surface area contributed by atoms with Gasteiger partial charge in [0.1, 0.15) is 0 Å². The van der Waals surface area contributed by atoms with Crippen LogP contribution in [0.4, 0.5) is 39.5 Å². The quantitative estimate of drug-likeness (QED) is 0.355. The molecule has 0 spiro atoms. The molecule has 0 bridgehead atoms. The fourth-order valence-corrected chi connectivity index (χ4v) is 3.12. The van der Waals surface area contributed by atoms with Gasteiger partial charge in [-0.05, 0) is 23.8 Å². The minimum Gasteiger partial charge on any atom is -0.198 e. The number of hydrogen-bond donors (Lipinski definition) is 0. The standard InChI is InChI=1S/C12H3F6N3.C11H4F3N3.C2H6/c13-11(14,15)9-6(4-20)3-7(5-21)10(12(16,17)18)8(9)1-2-19;12-11(13,14)9-3-7(5-16)10(1-2-15)8(4-9)6-17;1-2/h3H,1H2;3-4H,1H2;1-2H3. The summed E-state index contributed by atoms with van der Waals surface area (Å²) in [7, 11) is 0. The summed E-state index contributed by atoms with van der Waals surface area (Å²) in [5, 5.41) is 51.7. The average molecular weight is 568 g/mol. The van der Waals surface area contributed by atoms with Gasteiger partial charge in [-0.1, -0.05) is 13.8 Å². The smallest absolute Gasteiger partial charge is 0.198 e. The monoisotopic (exact) mass is 568 g/mol. The summed E-state index contributed by atoms with van der Waals surface area (Å²) in [6, 6.07) is 9.77. The van der Waals surface area contributed by atoms with E-state index in [1.807, 2.05) is 13.8 Å². The molecule has 2 rings (SSSR count). The van der Waals surface area contributed by atoms with E-state index in [0.717, 1.165) is 12.1 Å². The van der Waals surface area contributed by atoms with Crippen molar-refractivity contribution in [2.45, 2.75) is 45.2 Å². The minimum atomic E-state index is -5.26. The van der Waals surface area contributed by atoms with Crippen LogP contribution in [-0.4, -0.2) is 0 Å². The zero-order chi connectivity index (χ0) is 31.5. The van der Waals surface area contributed by atoms with Gasteiger partial charge in [-0.2, -0.15) is 71.1 Å². The maximum Gasteiger partial charge on any atom is 0.418 e. The first-order valence-corrected chi connectivity index (χ1v) is 10.4. The van der Waals surface area contributed by atoms with Crippen molar-refractivity contribution in [1.29, 1.82) is 31.6 Å². The molecule has 0 saturated heterocycles. The van der Waals surface area contributed by atoms with E-state index < -0.39 is 58.3 Å². The van der Waals surface area contributed by atoms with Gasteiger partial charge in [0.05, 0.1) is 88.2 Å². The van der Waals surface area contributed by atoms with Crippen LogP contribution in [0, 0.1) is 68.0 Å². The molecular weight excluding hydrogens is 555 g/mol. The zero-order valence-electron chi connectivity index (χ0n) is 20.2. The van der Waals surface area contributed by atoms with Crippen LogP contribution in [0.5, 0.6) is 0 Å². The first-order valence-electron chi connectivity index (χ1n) is 10.4. The lowest BCUT2D eigenvalue weighted by Gasteiger charge is -2.19. The molecular formula is C25H13F9N6. The molecule has 0 saturated carbocycles. The summed E-state index contributed by atoms with van der Waals surface area (Å²) < 4.78 is 115. The number of benzene rings is 2. The zero-order valence-corrected chi connectivity index (χ0v) is 20.2. The maximum absolute atomic E-state index is 12.9. The molecule has 206 valence electrons. The highest BCUT2D eigenvalue weighted by Gasteiger charge is 2.44. The molecule has 0 aliphatic carbocycles. The van der Waals surface area contributed by atoms with Crippen molar-refractivity contribution in [3.63, 3.8) is 0 Å². The number of nitriles is 6. The van der Waals surface area contributed by atoms with Gasteiger partial charge >= 0.3 is 18.5 Å². The largest absolute Gasteiger partial charge is 0.418 e. The molecule has 6 nitrogen and oxygen atoms in total. The SMILES string of the molecule is CC.N#CCc1c(C#N)cc(C(F)(F)F)cc1C#N.N#CCc1c(C(F)(F)F)c(C#N)cc(C#N)c1C(F)(F)F. The van der Waals surface area contributed by atoms with E-state index in [2.05, 4.69) is 0 Å². The molecule has 0 heterocycles. The number of alkyl halides is 9. The van der Waals surface area contributed by atoms with E-state index in [9.17, 15) is 39.5 Å². The molecule has 0 atom stereocenters. The maximum atomic E-state index is 12.9. The first kappa shape index (κ1) is 34.8. The van der Waals surface area contributed by atoms with Crippen LogP contribution in [0.2, 0.25) is 0 Å². The number of rotatable bonds is 2. The lowest BCUT2D eigenvalue weighted by atomic mass is 9.90. The fraction of sp³-hybridized carbons (Fsp3) is 0.280. The molecule has 0 fully saturated rings. The summed E-state index contributed by atoms with van der Waals surface area (Å²) in [6.45, 7) is 4.00. The Labute approximate surface area is 221 Å². The molecule has 0 unspecified atom stereocenters. The first-order chi connectivity index (χ1) is 18.5. The molecule has 0 radical (unpaired) electrons. The van der Waals surface area contributed by atoms with Gasteiger partial charge in [-0.15, -0.1) is 0 Å². The van der Waals surface area contributed by atoms with Crippen molar-refractivity contribution >= 4 is 0 Å². The Balaban J connectivity index is 0.000000730. The Bertz CT molecular complexity index is 1410. The van der Waals surface area contributed by atoms with Gasteiger partial charge in [0, 0.05) is 5.56 Å². The van der Waals surface area contributed by atoms with Crippen molar-refractivity contribution in [2.75, 3.05) is 0 Å². The molecule has 0 aromatic heterocycles. The highest BCUT2D eigenvalue weighted by molar-refractivity contribution is 5.57. The Morgan fingerprint density at radius 2 is 0.825 bits per heavy atom. The van der Waals surface area contributed by atoms with Crippen LogP contribution in [-0.2, 0) is 31.4 Å². The van der Waals surface area contributed by atoms with Crippen LogP contribution in [0.1, 0.15) is 63.9 Å². The third kappa shape index (κ3) is 8.38. The van der Waals surface area contributed by atoms with E-state index in [4.69, 9.17) is 31.6 Å². The second-order valence-electron chi connectivity index (χ2n) is 6.86. The van der Waals surface area contributed by atoms with Gasteiger partial charge in [-0.3, -0.25) is 0 Å². The fourth-order valence-electron chi connectivity index (χ4n) is 3.12. The highest BCUT2D eigenvalue weighted by atomic mass is 19.4. The Kier molecular flexibility index (Phi) is 12.2. The van der Waals surface area contributed by atoms with Crippen LogP contribution < -0.4 is 0 Å². The van der Waals surface area contributed by atoms with Crippen molar-refractivity contribution in [1.82, 2.24) is 0 Å². The van der Waals surface area contributed by atoms with Gasteiger partial charge in [0.25, 0.3) is 0 Å². The molecule has 40 heavy (non-hydrogen) atoms. The average Bonchev–Trinajstić information content (AvgIpc) is 2.87. The minimum absolute atomic E-state index is 0.0329. The Hall–Kier alpha value is -5.25. The summed E-state index contributed by atoms with van der Waals surface area (Å²) in [6.07, 6.45) is -16.6. The number of nitrogens with zero attached hydrogens (tertiary/aromatic N) is 6. The van der Waals surface area contributed by atoms with Gasteiger partial charge < -0.3 is 0 Å². The highest BCUT2D eigenvalue weighted by Crippen LogP contribution is 2.43. The summed E-state index contributed by atoms with van der Waals surface area (Å²) in [4.78, 5) is 0. The molecule has 2 aromatic carbocycles. The summed E-state index contributed by atoms with van der Waals surface area (Å²) in [5.74, 6) is 0. The van der Waals surface area contributed by atoms with Crippen molar-refractivity contribution in [3.8, 4) is 36.4 Å². The van der Waals surface area contributed by atoms with Crippen LogP contribution in [0.25, 0.3) is 0 Å². The van der Waals surface area contributed by atoms with Crippen LogP contribution in [0.15, 0.2) is 18.2 Å². The lowest BCUT2D eigenvalue weighted by Crippen LogP contribution is -2.20. The van der Waals surface area contributed by atoms with E-state index >= 15 is 0 Å². The van der Waals surface area contributed by atoms with Crippen molar-refractivity contribution in [3.05, 3.63) is 68.3 Å². The second kappa shape index (κ2) is 14.1.